The molecule has 1 aliphatic heterocycles. The van der Waals surface area contributed by atoms with E-state index in [9.17, 15) is 20.4 Å². The third-order valence-corrected chi connectivity index (χ3v) is 8.16. The van der Waals surface area contributed by atoms with Crippen LogP contribution >= 0.6 is 0 Å². The molecule has 12 bridgehead atoms. The van der Waals surface area contributed by atoms with Gasteiger partial charge in [0, 0.05) is 87.3 Å². The molecule has 8 nitrogen and oxygen atoms in total. The van der Waals surface area contributed by atoms with E-state index in [1.54, 1.807) is 0 Å². The van der Waals surface area contributed by atoms with Crippen molar-refractivity contribution in [3.05, 3.63) is 92.7 Å². The second kappa shape index (κ2) is 7.00. The molecule has 0 atom stereocenters. The highest BCUT2D eigenvalue weighted by Crippen LogP contribution is 2.48. The van der Waals surface area contributed by atoms with Gasteiger partial charge in [0.25, 0.3) is 0 Å². The van der Waals surface area contributed by atoms with Crippen molar-refractivity contribution >= 4 is 67.4 Å². The van der Waals surface area contributed by atoms with Crippen LogP contribution in [0.15, 0.2) is 48.5 Å². The number of hydrogen-bond donors (Lipinski definition) is 8. The van der Waals surface area contributed by atoms with Crippen LogP contribution in [0.5, 0.6) is 23.0 Å². The fourth-order valence-electron chi connectivity index (χ4n) is 6.42. The lowest BCUT2D eigenvalue weighted by Crippen LogP contribution is -2.10. The van der Waals surface area contributed by atoms with Crippen molar-refractivity contribution < 1.29 is 20.4 Å². The minimum atomic E-state index is -0.123. The van der Waals surface area contributed by atoms with Crippen molar-refractivity contribution in [3.8, 4) is 23.0 Å². The summed E-state index contributed by atoms with van der Waals surface area (Å²) in [6.45, 7) is 0. The molecule has 0 radical (unpaired) electrons. The zero-order valence-corrected chi connectivity index (χ0v) is 20.7. The van der Waals surface area contributed by atoms with Gasteiger partial charge < -0.3 is 40.4 Å². The van der Waals surface area contributed by atoms with Gasteiger partial charge in [-0.2, -0.15) is 0 Å². The van der Waals surface area contributed by atoms with Crippen LogP contribution in [-0.2, 0) is 0 Å². The predicted octanol–water partition coefficient (Wildman–Crippen LogP) is 2.94. The van der Waals surface area contributed by atoms with Crippen LogP contribution in [0.3, 0.4) is 0 Å². The van der Waals surface area contributed by atoms with Gasteiger partial charge in [0.1, 0.15) is 0 Å². The molecule has 11 rings (SSSR count). The molecule has 0 saturated heterocycles. The second-order valence-corrected chi connectivity index (χ2v) is 10.4. The standard InChI is InChI=1S/C32H20N4O4/c37-29-17-5-6-19(31(29)39)27-23-11-15-3-4-16(34-15)12-24-28-20-8-7-18(30(38)32(20)40)26(28)22(36-24)10-14-2-1-13(33-14)9-21(35-23)25(17)27/h1-12,33-40H. The van der Waals surface area contributed by atoms with Crippen LogP contribution in [0.1, 0.15) is 22.8 Å². The van der Waals surface area contributed by atoms with E-state index in [2.05, 4.69) is 19.9 Å². The van der Waals surface area contributed by atoms with Crippen LogP contribution in [0, 0.1) is 0 Å². The molecule has 8 heteroatoms. The molecule has 1 aliphatic rings. The number of hydrogen-bond acceptors (Lipinski definition) is 4. The maximum Gasteiger partial charge on any atom is 0.166 e. The number of fused-ring (bicyclic) bond motifs is 12. The van der Waals surface area contributed by atoms with Crippen LogP contribution in [0.25, 0.3) is 67.4 Å². The number of phenols is 8. The van der Waals surface area contributed by atoms with Gasteiger partial charge in [-0.25, -0.2) is 0 Å². The quantitative estimate of drug-likeness (QED) is 0.144. The number of H-pyrrole nitrogens is 4. The number of aromatic hydroxyl groups is 4. The average molecular weight is 525 g/mol. The summed E-state index contributed by atoms with van der Waals surface area (Å²) in [5, 5.41) is 51.6. The van der Waals surface area contributed by atoms with E-state index in [-0.39, 0.29) is 23.0 Å². The molecule has 0 amide bonds. The molecular weight excluding hydrogens is 504 g/mol. The topological polar surface area (TPSA) is 144 Å². The number of benzene rings is 6. The van der Waals surface area contributed by atoms with Crippen LogP contribution in [-0.4, -0.2) is 40.4 Å². The molecule has 8 N–H and O–H groups in total. The van der Waals surface area contributed by atoms with Crippen LogP contribution < -0.4 is 21.4 Å². The third kappa shape index (κ3) is 2.59. The summed E-state index contributed by atoms with van der Waals surface area (Å²) < 4.78 is 0. The van der Waals surface area contributed by atoms with Crippen LogP contribution in [0.2, 0.25) is 0 Å². The van der Waals surface area contributed by atoms with E-state index < -0.39 is 0 Å². The Morgan fingerprint density at radius 1 is 0.325 bits per heavy atom. The molecule has 192 valence electrons. The first-order valence-electron chi connectivity index (χ1n) is 12.8. The smallest absolute Gasteiger partial charge is 0.166 e. The Bertz CT molecular complexity index is 2240. The zero-order chi connectivity index (χ0) is 26.9. The lowest BCUT2D eigenvalue weighted by molar-refractivity contribution is 0.412. The first-order valence-corrected chi connectivity index (χ1v) is 12.8. The van der Waals surface area contributed by atoms with Gasteiger partial charge in [-0.1, -0.05) is 0 Å². The molecule has 4 aromatic heterocycles. The number of rotatable bonds is 0. The Kier molecular flexibility index (Phi) is 3.71. The minimum absolute atomic E-state index is 0.123. The van der Waals surface area contributed by atoms with Crippen molar-refractivity contribution in [2.75, 3.05) is 0 Å². The highest BCUT2D eigenvalue weighted by molar-refractivity contribution is 6.21. The Balaban J connectivity index is 1.44. The van der Waals surface area contributed by atoms with Gasteiger partial charge in [-0.15, -0.1) is 0 Å². The molecular formula is C32H20N4O4. The normalized spacial score (nSPS) is 13.2. The number of aromatic amines is 4. The monoisotopic (exact) mass is 524 g/mol. The lowest BCUT2D eigenvalue weighted by Gasteiger charge is -2.10. The predicted molar refractivity (Wildman–Crippen MR) is 155 cm³/mol. The van der Waals surface area contributed by atoms with Crippen molar-refractivity contribution in [2.45, 2.75) is 0 Å². The van der Waals surface area contributed by atoms with E-state index >= 15 is 0 Å². The van der Waals surface area contributed by atoms with Gasteiger partial charge in [0.15, 0.2) is 23.0 Å². The lowest BCUT2D eigenvalue weighted by atomic mass is 9.97. The summed E-state index contributed by atoms with van der Waals surface area (Å²) in [5.74, 6) is -0.491. The first kappa shape index (κ1) is 21.2. The van der Waals surface area contributed by atoms with E-state index in [1.165, 1.54) is 0 Å². The van der Waals surface area contributed by atoms with Gasteiger partial charge in [-0.3, -0.25) is 0 Å². The minimum Gasteiger partial charge on any atom is -0.504 e. The Morgan fingerprint density at radius 2 is 0.575 bits per heavy atom. The third-order valence-electron chi connectivity index (χ3n) is 8.16. The summed E-state index contributed by atoms with van der Waals surface area (Å²) in [6, 6.07) is 15.2. The summed E-state index contributed by atoms with van der Waals surface area (Å²) in [7, 11) is 0. The van der Waals surface area contributed by atoms with Gasteiger partial charge in [-0.05, 0) is 72.8 Å². The largest absolute Gasteiger partial charge is 0.504 e. The van der Waals surface area contributed by atoms with Gasteiger partial charge >= 0.3 is 0 Å². The molecule has 10 aromatic rings. The van der Waals surface area contributed by atoms with Crippen LogP contribution in [0.4, 0.5) is 0 Å². The molecule has 0 spiro atoms. The Labute approximate surface area is 223 Å². The molecule has 5 heterocycles. The summed E-state index contributed by atoms with van der Waals surface area (Å²) >= 11 is 0. The Hall–Kier alpha value is -5.76. The first-order chi connectivity index (χ1) is 19.4. The summed E-state index contributed by atoms with van der Waals surface area (Å²) in [5.41, 5.74) is 3.21. The molecule has 40 heavy (non-hydrogen) atoms. The van der Waals surface area contributed by atoms with E-state index in [1.807, 2.05) is 72.8 Å². The second-order valence-electron chi connectivity index (χ2n) is 10.4. The molecule has 0 saturated carbocycles. The molecule has 0 fully saturated rings. The number of phenolic OH excluding ortho intramolecular Hbond substituents is 4. The van der Waals surface area contributed by atoms with Gasteiger partial charge in [0.05, 0.1) is 0 Å². The fraction of sp³-hybridized carbons (Fsp3) is 0. The highest BCUT2D eigenvalue weighted by atomic mass is 16.3. The van der Waals surface area contributed by atoms with Crippen molar-refractivity contribution in [2.24, 2.45) is 0 Å². The van der Waals surface area contributed by atoms with E-state index in [0.29, 0.717) is 21.5 Å². The Morgan fingerprint density at radius 3 is 0.825 bits per heavy atom. The average Bonchev–Trinajstić information content (AvgIpc) is 3.73. The zero-order valence-electron chi connectivity index (χ0n) is 20.7. The number of nitrogens with one attached hydrogen (secondary N) is 4. The summed E-state index contributed by atoms with van der Waals surface area (Å²) in [4.78, 5) is 13.9. The van der Waals surface area contributed by atoms with E-state index in [0.717, 1.165) is 65.7 Å². The molecule has 0 aliphatic carbocycles. The van der Waals surface area contributed by atoms with Gasteiger partial charge in [0.2, 0.25) is 0 Å². The van der Waals surface area contributed by atoms with Crippen molar-refractivity contribution in [1.82, 2.24) is 19.9 Å². The fourth-order valence-corrected chi connectivity index (χ4v) is 6.42. The van der Waals surface area contributed by atoms with Crippen molar-refractivity contribution in [3.63, 3.8) is 0 Å². The highest BCUT2D eigenvalue weighted by Gasteiger charge is 2.22. The molecule has 6 aromatic carbocycles. The molecule has 0 unspecified atom stereocenters. The SMILES string of the molecule is Oc1c(O)c2ccc1c1c3[nH]c(c21)C=c1ccc([nH]1)=Cc1[nH]c(c2c4ccc(c(O)c4O)c12)C=c1ccc([nH]1)=C3. The maximum atomic E-state index is 10.7. The van der Waals surface area contributed by atoms with Crippen molar-refractivity contribution in [1.29, 1.82) is 0 Å². The van der Waals surface area contributed by atoms with E-state index in [4.69, 9.17) is 0 Å². The number of aromatic nitrogens is 4. The summed E-state index contributed by atoms with van der Waals surface area (Å²) in [6.07, 6.45) is 7.93. The maximum absolute atomic E-state index is 10.7.